The van der Waals surface area contributed by atoms with Crippen LogP contribution in [0.5, 0.6) is 11.5 Å². The summed E-state index contributed by atoms with van der Waals surface area (Å²) in [5.41, 5.74) is 0. The highest BCUT2D eigenvalue weighted by molar-refractivity contribution is 5.85. The number of benzene rings is 1. The van der Waals surface area contributed by atoms with E-state index >= 15 is 0 Å². The van der Waals surface area contributed by atoms with E-state index in [1.165, 1.54) is 19.3 Å². The minimum absolute atomic E-state index is 0. The van der Waals surface area contributed by atoms with Crippen molar-refractivity contribution in [3.63, 3.8) is 0 Å². The number of rotatable bonds is 7. The molecule has 2 aliphatic heterocycles. The molecule has 0 aliphatic carbocycles. The van der Waals surface area contributed by atoms with E-state index in [-0.39, 0.29) is 30.5 Å². The van der Waals surface area contributed by atoms with Gasteiger partial charge in [-0.15, -0.1) is 12.4 Å². The van der Waals surface area contributed by atoms with Crippen LogP contribution in [0.3, 0.4) is 0 Å². The van der Waals surface area contributed by atoms with Crippen molar-refractivity contribution in [2.75, 3.05) is 46.9 Å². The molecule has 0 spiro atoms. The molecule has 1 fully saturated rings. The highest BCUT2D eigenvalue weighted by atomic mass is 35.5. The number of para-hydroxylation sites is 2. The molecule has 0 aromatic heterocycles. The van der Waals surface area contributed by atoms with Gasteiger partial charge in [0.15, 0.2) is 17.6 Å². The van der Waals surface area contributed by atoms with Crippen molar-refractivity contribution in [3.05, 3.63) is 24.3 Å². The van der Waals surface area contributed by atoms with Gasteiger partial charge in [0.2, 0.25) is 5.91 Å². The van der Waals surface area contributed by atoms with Crippen molar-refractivity contribution in [3.8, 4) is 11.5 Å². The molecule has 1 saturated heterocycles. The third kappa shape index (κ3) is 5.75. The maximum absolute atomic E-state index is 12.9. The van der Waals surface area contributed by atoms with Crippen LogP contribution in [-0.2, 0) is 4.79 Å². The van der Waals surface area contributed by atoms with Crippen LogP contribution in [0, 0.1) is 5.92 Å². The lowest BCUT2D eigenvalue weighted by Gasteiger charge is -2.37. The Bertz CT molecular complexity index is 623. The maximum Gasteiger partial charge on any atom is 0.239 e. The Morgan fingerprint density at radius 3 is 2.64 bits per heavy atom. The van der Waals surface area contributed by atoms with Crippen molar-refractivity contribution >= 4 is 18.3 Å². The Labute approximate surface area is 175 Å². The van der Waals surface area contributed by atoms with Gasteiger partial charge in [0.05, 0.1) is 12.6 Å². The molecular weight excluding hydrogens is 378 g/mol. The molecule has 1 amide bonds. The van der Waals surface area contributed by atoms with Crippen molar-refractivity contribution in [1.82, 2.24) is 15.1 Å². The normalized spacial score (nSPS) is 20.9. The van der Waals surface area contributed by atoms with Gasteiger partial charge < -0.3 is 19.7 Å². The monoisotopic (exact) mass is 411 g/mol. The van der Waals surface area contributed by atoms with Gasteiger partial charge in [0, 0.05) is 7.05 Å². The number of fused-ring (bicyclic) bond motifs is 1. The van der Waals surface area contributed by atoms with Crippen molar-refractivity contribution < 1.29 is 14.3 Å². The maximum atomic E-state index is 12.9. The van der Waals surface area contributed by atoms with Gasteiger partial charge in [0.25, 0.3) is 0 Å². The third-order valence-corrected chi connectivity index (χ3v) is 5.78. The molecule has 28 heavy (non-hydrogen) atoms. The summed E-state index contributed by atoms with van der Waals surface area (Å²) in [5.74, 6) is 2.47. The lowest BCUT2D eigenvalue weighted by atomic mass is 9.92. The molecule has 0 radical (unpaired) electrons. The molecule has 2 unspecified atom stereocenters. The molecule has 7 heteroatoms. The van der Waals surface area contributed by atoms with E-state index in [1.54, 1.807) is 4.90 Å². The van der Waals surface area contributed by atoms with Crippen LogP contribution in [-0.4, -0.2) is 74.7 Å². The molecule has 3 rings (SSSR count). The highest BCUT2D eigenvalue weighted by Gasteiger charge is 2.30. The van der Waals surface area contributed by atoms with Crippen molar-refractivity contribution in [1.29, 1.82) is 0 Å². The summed E-state index contributed by atoms with van der Waals surface area (Å²) in [4.78, 5) is 17.0. The van der Waals surface area contributed by atoms with Gasteiger partial charge in [-0.3, -0.25) is 9.69 Å². The highest BCUT2D eigenvalue weighted by Crippen LogP contribution is 2.31. The van der Waals surface area contributed by atoms with Gasteiger partial charge in [-0.25, -0.2) is 0 Å². The van der Waals surface area contributed by atoms with E-state index in [2.05, 4.69) is 10.2 Å². The second kappa shape index (κ2) is 10.9. The van der Waals surface area contributed by atoms with E-state index < -0.39 is 0 Å². The molecule has 2 heterocycles. The molecule has 1 aromatic rings. The predicted octanol–water partition coefficient (Wildman–Crippen LogP) is 2.42. The topological polar surface area (TPSA) is 54.0 Å². The van der Waals surface area contributed by atoms with E-state index in [0.717, 1.165) is 37.1 Å². The van der Waals surface area contributed by atoms with Gasteiger partial charge in [0.1, 0.15) is 6.61 Å². The van der Waals surface area contributed by atoms with Crippen LogP contribution in [0.2, 0.25) is 0 Å². The molecule has 2 atom stereocenters. The number of likely N-dealkylation sites (tertiary alicyclic amines) is 1. The first-order valence-electron chi connectivity index (χ1n) is 10.1. The second-order valence-electron chi connectivity index (χ2n) is 7.76. The fourth-order valence-electron chi connectivity index (χ4n) is 4.00. The predicted molar refractivity (Wildman–Crippen MR) is 114 cm³/mol. The first kappa shape index (κ1) is 22.8. The Morgan fingerprint density at radius 2 is 1.96 bits per heavy atom. The average Bonchev–Trinajstić information content (AvgIpc) is 2.71. The fourth-order valence-corrected chi connectivity index (χ4v) is 4.00. The summed E-state index contributed by atoms with van der Waals surface area (Å²) in [6.07, 6.45) is 3.46. The molecule has 6 nitrogen and oxygen atoms in total. The number of halogens is 1. The van der Waals surface area contributed by atoms with Gasteiger partial charge in [-0.1, -0.05) is 12.1 Å². The molecule has 2 aliphatic rings. The second-order valence-corrected chi connectivity index (χ2v) is 7.76. The quantitative estimate of drug-likeness (QED) is 0.746. The Hall–Kier alpha value is -1.50. The number of piperidine rings is 1. The van der Waals surface area contributed by atoms with Gasteiger partial charge in [-0.2, -0.15) is 0 Å². The standard InChI is InChI=1S/C21H33N3O3.ClH/c1-16(24-12-9-17(10-13-24)8-11-22-2)21(25)23(3)14-18-15-26-19-6-4-5-7-20(19)27-18;/h4-7,16-18,22H,8-15H2,1-3H3;1H. The largest absolute Gasteiger partial charge is 0.486 e. The molecular formula is C21H34ClN3O3. The lowest BCUT2D eigenvalue weighted by molar-refractivity contribution is -0.137. The van der Waals surface area contributed by atoms with Gasteiger partial charge >= 0.3 is 0 Å². The first-order chi connectivity index (χ1) is 13.1. The van der Waals surface area contributed by atoms with Crippen LogP contribution < -0.4 is 14.8 Å². The van der Waals surface area contributed by atoms with Crippen molar-refractivity contribution in [2.24, 2.45) is 5.92 Å². The Morgan fingerprint density at radius 1 is 1.29 bits per heavy atom. The number of nitrogens with zero attached hydrogens (tertiary/aromatic N) is 2. The number of amides is 1. The summed E-state index contributed by atoms with van der Waals surface area (Å²) in [6, 6.07) is 7.59. The number of ether oxygens (including phenoxy) is 2. The van der Waals surface area contributed by atoms with Crippen LogP contribution in [0.15, 0.2) is 24.3 Å². The summed E-state index contributed by atoms with van der Waals surface area (Å²) in [6.45, 7) is 6.13. The molecule has 0 saturated carbocycles. The number of hydrogen-bond donors (Lipinski definition) is 1. The number of carbonyl (C=O) groups excluding carboxylic acids is 1. The zero-order chi connectivity index (χ0) is 19.2. The molecule has 1 N–H and O–H groups in total. The smallest absolute Gasteiger partial charge is 0.239 e. The van der Waals surface area contributed by atoms with E-state index in [9.17, 15) is 4.79 Å². The summed E-state index contributed by atoms with van der Waals surface area (Å²) in [5, 5.41) is 3.23. The number of hydrogen-bond acceptors (Lipinski definition) is 5. The third-order valence-electron chi connectivity index (χ3n) is 5.78. The Kier molecular flexibility index (Phi) is 8.86. The average molecular weight is 412 g/mol. The lowest BCUT2D eigenvalue weighted by Crippen LogP contribution is -2.51. The fraction of sp³-hybridized carbons (Fsp3) is 0.667. The number of likely N-dealkylation sites (N-methyl/N-ethyl adjacent to an activating group) is 1. The number of nitrogens with one attached hydrogen (secondary N) is 1. The van der Waals surface area contributed by atoms with Crippen molar-refractivity contribution in [2.45, 2.75) is 38.3 Å². The zero-order valence-electron chi connectivity index (χ0n) is 17.2. The summed E-state index contributed by atoms with van der Waals surface area (Å²) in [7, 11) is 3.87. The minimum atomic E-state index is -0.131. The van der Waals surface area contributed by atoms with Crippen LogP contribution >= 0.6 is 12.4 Å². The summed E-state index contributed by atoms with van der Waals surface area (Å²) < 4.78 is 11.8. The van der Waals surface area contributed by atoms with Gasteiger partial charge in [-0.05, 0) is 70.9 Å². The molecule has 158 valence electrons. The number of carbonyl (C=O) groups is 1. The summed E-state index contributed by atoms with van der Waals surface area (Å²) >= 11 is 0. The van der Waals surface area contributed by atoms with E-state index in [1.807, 2.05) is 45.3 Å². The first-order valence-corrected chi connectivity index (χ1v) is 10.1. The zero-order valence-corrected chi connectivity index (χ0v) is 18.0. The van der Waals surface area contributed by atoms with E-state index in [0.29, 0.717) is 13.2 Å². The molecule has 1 aromatic carbocycles. The van der Waals surface area contributed by atoms with Crippen LogP contribution in [0.1, 0.15) is 26.2 Å². The van der Waals surface area contributed by atoms with E-state index in [4.69, 9.17) is 9.47 Å². The molecule has 0 bridgehead atoms. The van der Waals surface area contributed by atoms with Crippen LogP contribution in [0.25, 0.3) is 0 Å². The van der Waals surface area contributed by atoms with Crippen LogP contribution in [0.4, 0.5) is 0 Å². The SMILES string of the molecule is CNCCC1CCN(C(C)C(=O)N(C)CC2COc3ccccc3O2)CC1.Cl. The Balaban J connectivity index is 0.00000280. The minimum Gasteiger partial charge on any atom is -0.486 e.